The number of nitriles is 1. The van der Waals surface area contributed by atoms with Crippen LogP contribution in [0.3, 0.4) is 0 Å². The van der Waals surface area contributed by atoms with Gasteiger partial charge in [-0.05, 0) is 23.3 Å². The summed E-state index contributed by atoms with van der Waals surface area (Å²) < 4.78 is 2.00. The van der Waals surface area contributed by atoms with Crippen LogP contribution in [0, 0.1) is 21.4 Å². The average Bonchev–Trinajstić information content (AvgIpc) is 3.25. The number of nitrogens with one attached hydrogen (secondary N) is 1. The molecule has 0 radical (unpaired) electrons. The first-order chi connectivity index (χ1) is 14.1. The Morgan fingerprint density at radius 1 is 1.14 bits per heavy atom. The lowest BCUT2D eigenvalue weighted by molar-refractivity contribution is -0.384. The molecule has 0 saturated carbocycles. The summed E-state index contributed by atoms with van der Waals surface area (Å²) in [4.78, 5) is 19.0. The highest BCUT2D eigenvalue weighted by atomic mass is 16.6. The predicted molar refractivity (Wildman–Crippen MR) is 108 cm³/mol. The summed E-state index contributed by atoms with van der Waals surface area (Å²) in [5, 5.41) is 24.1. The first-order valence-electron chi connectivity index (χ1n) is 8.89. The number of hydrogen-bond acceptors (Lipinski definition) is 6. The Hall–Kier alpha value is -4.25. The maximum atomic E-state index is 11.0. The molecular weight excluding hydrogens is 368 g/mol. The second-order valence-corrected chi connectivity index (χ2v) is 6.53. The van der Waals surface area contributed by atoms with Crippen molar-refractivity contribution in [2.75, 3.05) is 5.32 Å². The van der Waals surface area contributed by atoms with Crippen LogP contribution in [0.5, 0.6) is 0 Å². The van der Waals surface area contributed by atoms with E-state index >= 15 is 0 Å². The van der Waals surface area contributed by atoms with Crippen LogP contribution in [-0.2, 0) is 13.1 Å². The summed E-state index contributed by atoms with van der Waals surface area (Å²) >= 11 is 0. The molecule has 8 heteroatoms. The van der Waals surface area contributed by atoms with Crippen LogP contribution in [0.2, 0.25) is 0 Å². The summed E-state index contributed by atoms with van der Waals surface area (Å²) in [5.41, 5.74) is 3.06. The second kappa shape index (κ2) is 7.78. The highest BCUT2D eigenvalue weighted by Gasteiger charge is 2.11. The van der Waals surface area contributed by atoms with Crippen molar-refractivity contribution in [2.45, 2.75) is 13.1 Å². The first-order valence-corrected chi connectivity index (χ1v) is 8.89. The number of fused-ring (bicyclic) bond motifs is 1. The van der Waals surface area contributed by atoms with Crippen molar-refractivity contribution in [3.8, 4) is 6.07 Å². The monoisotopic (exact) mass is 384 g/mol. The third kappa shape index (κ3) is 4.04. The molecule has 0 fully saturated rings. The molecule has 8 nitrogen and oxygen atoms in total. The van der Waals surface area contributed by atoms with Gasteiger partial charge in [-0.2, -0.15) is 5.26 Å². The van der Waals surface area contributed by atoms with Gasteiger partial charge in [-0.25, -0.2) is 9.97 Å². The van der Waals surface area contributed by atoms with E-state index in [1.807, 2.05) is 22.9 Å². The molecule has 4 rings (SSSR count). The molecule has 4 aromatic rings. The van der Waals surface area contributed by atoms with Gasteiger partial charge in [0.2, 0.25) is 0 Å². The number of aromatic nitrogens is 3. The number of imidazole rings is 1. The van der Waals surface area contributed by atoms with E-state index in [0.717, 1.165) is 12.1 Å². The topological polar surface area (TPSA) is 110 Å². The van der Waals surface area contributed by atoms with Gasteiger partial charge in [0, 0.05) is 43.0 Å². The quantitative estimate of drug-likeness (QED) is 0.399. The lowest BCUT2D eigenvalue weighted by Crippen LogP contribution is -2.03. The van der Waals surface area contributed by atoms with Crippen LogP contribution in [0.4, 0.5) is 11.5 Å². The molecule has 0 amide bonds. The molecule has 2 aromatic carbocycles. The molecule has 0 aliphatic carbocycles. The van der Waals surface area contributed by atoms with Crippen LogP contribution in [0.1, 0.15) is 16.7 Å². The van der Waals surface area contributed by atoms with Gasteiger partial charge in [0.1, 0.15) is 5.82 Å². The Kier molecular flexibility index (Phi) is 4.86. The second-order valence-electron chi connectivity index (χ2n) is 6.53. The molecule has 2 aromatic heterocycles. The zero-order valence-electron chi connectivity index (χ0n) is 15.3. The Balaban J connectivity index is 1.50. The molecule has 0 bridgehead atoms. The van der Waals surface area contributed by atoms with E-state index in [2.05, 4.69) is 33.5 Å². The van der Waals surface area contributed by atoms with Crippen molar-refractivity contribution < 1.29 is 4.92 Å². The molecule has 142 valence electrons. The molecule has 0 aliphatic heterocycles. The SMILES string of the molecule is N#Cc1cc(NCc2ccc(Cn3ccnc3)cc2)nc2ccc([N+](=O)[O-])cc12. The van der Waals surface area contributed by atoms with E-state index in [1.54, 1.807) is 24.7 Å². The third-order valence-corrected chi connectivity index (χ3v) is 4.54. The van der Waals surface area contributed by atoms with Crippen molar-refractivity contribution in [3.05, 3.63) is 94.1 Å². The van der Waals surface area contributed by atoms with E-state index in [9.17, 15) is 15.4 Å². The summed E-state index contributed by atoms with van der Waals surface area (Å²) in [6, 6.07) is 16.2. The van der Waals surface area contributed by atoms with E-state index in [-0.39, 0.29) is 5.69 Å². The molecular formula is C21H16N6O2. The Labute approximate surface area is 166 Å². The van der Waals surface area contributed by atoms with E-state index in [4.69, 9.17) is 0 Å². The molecule has 29 heavy (non-hydrogen) atoms. The number of nitrogens with zero attached hydrogens (tertiary/aromatic N) is 5. The number of rotatable bonds is 6. The van der Waals surface area contributed by atoms with Gasteiger partial charge in [0.25, 0.3) is 5.69 Å². The first kappa shape index (κ1) is 18.1. The minimum absolute atomic E-state index is 0.0627. The summed E-state index contributed by atoms with van der Waals surface area (Å²) in [7, 11) is 0. The van der Waals surface area contributed by atoms with Crippen LogP contribution < -0.4 is 5.32 Å². The standard InChI is InChI=1S/C21H16N6O2/c22-11-17-9-21(25-20-6-5-18(27(28)29)10-19(17)20)24-12-15-1-3-16(4-2-15)13-26-8-7-23-14-26/h1-10,14H,12-13H2,(H,24,25). The summed E-state index contributed by atoms with van der Waals surface area (Å²) in [5.74, 6) is 0.547. The fourth-order valence-corrected chi connectivity index (χ4v) is 3.06. The molecule has 0 atom stereocenters. The van der Waals surface area contributed by atoms with Crippen molar-refractivity contribution in [1.29, 1.82) is 5.26 Å². The number of hydrogen-bond donors (Lipinski definition) is 1. The van der Waals surface area contributed by atoms with E-state index in [1.165, 1.54) is 17.7 Å². The van der Waals surface area contributed by atoms with Gasteiger partial charge >= 0.3 is 0 Å². The van der Waals surface area contributed by atoms with E-state index in [0.29, 0.717) is 28.8 Å². The smallest absolute Gasteiger partial charge is 0.270 e. The number of anilines is 1. The lowest BCUT2D eigenvalue weighted by atomic mass is 10.1. The maximum Gasteiger partial charge on any atom is 0.270 e. The van der Waals surface area contributed by atoms with E-state index < -0.39 is 4.92 Å². The number of benzene rings is 2. The lowest BCUT2D eigenvalue weighted by Gasteiger charge is -2.09. The summed E-state index contributed by atoms with van der Waals surface area (Å²) in [6.45, 7) is 1.30. The Morgan fingerprint density at radius 2 is 1.93 bits per heavy atom. The van der Waals surface area contributed by atoms with Crippen molar-refractivity contribution in [2.24, 2.45) is 0 Å². The van der Waals surface area contributed by atoms with Gasteiger partial charge in [0.15, 0.2) is 0 Å². The van der Waals surface area contributed by atoms with Gasteiger partial charge < -0.3 is 9.88 Å². The highest BCUT2D eigenvalue weighted by Crippen LogP contribution is 2.25. The molecule has 0 aliphatic rings. The van der Waals surface area contributed by atoms with Gasteiger partial charge in [0.05, 0.1) is 28.4 Å². The molecule has 1 N–H and O–H groups in total. The largest absolute Gasteiger partial charge is 0.366 e. The predicted octanol–water partition coefficient (Wildman–Crippen LogP) is 3.87. The Morgan fingerprint density at radius 3 is 2.62 bits per heavy atom. The normalized spacial score (nSPS) is 10.6. The number of nitro benzene ring substituents is 1. The Bertz CT molecular complexity index is 1210. The molecule has 0 spiro atoms. The fourth-order valence-electron chi connectivity index (χ4n) is 3.06. The van der Waals surface area contributed by atoms with Crippen molar-refractivity contribution in [1.82, 2.24) is 14.5 Å². The fraction of sp³-hybridized carbons (Fsp3) is 0.0952. The number of non-ortho nitro benzene ring substituents is 1. The average molecular weight is 384 g/mol. The highest BCUT2D eigenvalue weighted by molar-refractivity contribution is 5.88. The van der Waals surface area contributed by atoms with Crippen molar-refractivity contribution >= 4 is 22.4 Å². The minimum atomic E-state index is -0.483. The van der Waals surface area contributed by atoms with Crippen LogP contribution in [0.15, 0.2) is 67.3 Å². The number of pyridine rings is 1. The van der Waals surface area contributed by atoms with Crippen LogP contribution in [0.25, 0.3) is 10.9 Å². The maximum absolute atomic E-state index is 11.0. The minimum Gasteiger partial charge on any atom is -0.366 e. The molecule has 0 saturated heterocycles. The van der Waals surface area contributed by atoms with Gasteiger partial charge in [-0.3, -0.25) is 10.1 Å². The zero-order valence-corrected chi connectivity index (χ0v) is 15.3. The van der Waals surface area contributed by atoms with Crippen molar-refractivity contribution in [3.63, 3.8) is 0 Å². The zero-order chi connectivity index (χ0) is 20.2. The third-order valence-electron chi connectivity index (χ3n) is 4.54. The molecule has 0 unspecified atom stereocenters. The summed E-state index contributed by atoms with van der Waals surface area (Å²) in [6.07, 6.45) is 5.45. The van der Waals surface area contributed by atoms with Gasteiger partial charge in [-0.1, -0.05) is 24.3 Å². The van der Waals surface area contributed by atoms with Gasteiger partial charge in [-0.15, -0.1) is 0 Å². The van der Waals surface area contributed by atoms with Crippen LogP contribution in [-0.4, -0.2) is 19.5 Å². The van der Waals surface area contributed by atoms with Crippen LogP contribution >= 0.6 is 0 Å². The molecule has 2 heterocycles. The number of nitro groups is 1.